The first-order chi connectivity index (χ1) is 24.6. The number of hydrogen-bond donors (Lipinski definition) is 2. The lowest BCUT2D eigenvalue weighted by molar-refractivity contribution is 0.00367. The van der Waals surface area contributed by atoms with Gasteiger partial charge < -0.3 is 39.0 Å². The molecule has 0 spiro atoms. The van der Waals surface area contributed by atoms with Gasteiger partial charge in [0.2, 0.25) is 0 Å². The smallest absolute Gasteiger partial charge is 0.410 e. The summed E-state index contributed by atoms with van der Waals surface area (Å²) in [6.45, 7) is 11.3. The zero-order valence-corrected chi connectivity index (χ0v) is 31.3. The van der Waals surface area contributed by atoms with Crippen LogP contribution in [-0.2, 0) is 9.47 Å². The van der Waals surface area contributed by atoms with E-state index in [-0.39, 0.29) is 60.3 Å². The lowest BCUT2D eigenvalue weighted by Gasteiger charge is -2.39. The number of hydrogen-bond acceptors (Lipinski definition) is 10. The average molecular weight is 723 g/mol. The van der Waals surface area contributed by atoms with E-state index in [1.807, 2.05) is 51.3 Å². The van der Waals surface area contributed by atoms with Gasteiger partial charge in [-0.3, -0.25) is 9.59 Å². The van der Waals surface area contributed by atoms with Gasteiger partial charge in [0.1, 0.15) is 22.7 Å². The minimum atomic E-state index is -0.492. The molecule has 14 nitrogen and oxygen atoms in total. The molecular weight excluding hydrogens is 668 g/mol. The first kappa shape index (κ1) is 36.3. The topological polar surface area (TPSA) is 169 Å². The Morgan fingerprint density at radius 1 is 0.596 bits per heavy atom. The summed E-state index contributed by atoms with van der Waals surface area (Å²) >= 11 is 0. The molecule has 4 aliphatic heterocycles. The number of nitrogens with one attached hydrogen (secondary N) is 2. The molecule has 2 aromatic rings. The number of fused-ring (bicyclic) bond motifs is 4. The highest BCUT2D eigenvalue weighted by molar-refractivity contribution is 5.93. The molecule has 52 heavy (non-hydrogen) atoms. The van der Waals surface area contributed by atoms with E-state index in [9.17, 15) is 19.2 Å². The molecule has 0 aromatic carbocycles. The Morgan fingerprint density at radius 2 is 0.923 bits per heavy atom. The molecular formula is C38H54N6O8. The summed E-state index contributed by atoms with van der Waals surface area (Å²) < 4.78 is 21.6. The van der Waals surface area contributed by atoms with E-state index in [0.717, 1.165) is 88.6 Å². The summed E-state index contributed by atoms with van der Waals surface area (Å²) in [5, 5.41) is 14.0. The molecule has 2 aromatic heterocycles. The number of nitrogens with zero attached hydrogens (tertiary/aromatic N) is 4. The summed E-state index contributed by atoms with van der Waals surface area (Å²) in [6.07, 6.45) is 10.9. The van der Waals surface area contributed by atoms with Crippen LogP contribution in [0.3, 0.4) is 0 Å². The van der Waals surface area contributed by atoms with Crippen LogP contribution in [0.2, 0.25) is 0 Å². The summed E-state index contributed by atoms with van der Waals surface area (Å²) in [5.41, 5.74) is -0.274. The van der Waals surface area contributed by atoms with Crippen molar-refractivity contribution in [3.8, 4) is 0 Å². The summed E-state index contributed by atoms with van der Waals surface area (Å²) in [6, 6.07) is 4.16. The van der Waals surface area contributed by atoms with Crippen LogP contribution < -0.4 is 10.6 Å². The van der Waals surface area contributed by atoms with Crippen LogP contribution in [0.1, 0.15) is 163 Å². The molecule has 6 fully saturated rings. The lowest BCUT2D eigenvalue weighted by Crippen LogP contribution is -2.53. The van der Waals surface area contributed by atoms with Crippen molar-refractivity contribution in [1.82, 2.24) is 30.7 Å². The first-order valence-electron chi connectivity index (χ1n) is 19.2. The van der Waals surface area contributed by atoms with E-state index < -0.39 is 11.2 Å². The molecule has 14 heteroatoms. The van der Waals surface area contributed by atoms with Crippen molar-refractivity contribution < 1.29 is 37.7 Å². The van der Waals surface area contributed by atoms with Gasteiger partial charge >= 0.3 is 12.2 Å². The van der Waals surface area contributed by atoms with E-state index in [1.54, 1.807) is 12.1 Å². The second-order valence-corrected chi connectivity index (χ2v) is 17.6. The highest BCUT2D eigenvalue weighted by atomic mass is 16.6. The van der Waals surface area contributed by atoms with Crippen LogP contribution in [0.15, 0.2) is 21.2 Å². The third-order valence-corrected chi connectivity index (χ3v) is 10.8. The maximum atomic E-state index is 12.5. The minimum Gasteiger partial charge on any atom is -0.444 e. The predicted octanol–water partition coefficient (Wildman–Crippen LogP) is 6.42. The molecule has 2 aliphatic carbocycles. The summed E-state index contributed by atoms with van der Waals surface area (Å²) in [7, 11) is 0. The van der Waals surface area contributed by atoms with Gasteiger partial charge in [0.15, 0.2) is 11.4 Å². The minimum absolute atomic E-state index is 0.0553. The number of carbonyl (C=O) groups excluding carboxylic acids is 4. The van der Waals surface area contributed by atoms with Crippen molar-refractivity contribution in [3.05, 3.63) is 35.0 Å². The van der Waals surface area contributed by atoms with Crippen LogP contribution in [-0.4, -0.2) is 91.6 Å². The molecule has 2 N–H and O–H groups in total. The van der Waals surface area contributed by atoms with E-state index in [0.29, 0.717) is 23.2 Å². The van der Waals surface area contributed by atoms with E-state index in [1.165, 1.54) is 0 Å². The molecule has 4 bridgehead atoms. The molecule has 2 saturated carbocycles. The normalized spacial score (nSPS) is 28.1. The molecule has 0 radical (unpaired) electrons. The zero-order chi connectivity index (χ0) is 36.9. The van der Waals surface area contributed by atoms with Crippen LogP contribution in [0.4, 0.5) is 9.59 Å². The highest BCUT2D eigenvalue weighted by Crippen LogP contribution is 2.42. The SMILES string of the molecule is CC(C)(C)OC(=O)N1[C@@H]2CC[C@H]1CC(NC(=O)c1cc(C3CC3)on1)C2.CC(C)(C)OC(=O)N1[C@@H]2CC[C@H]1CC(NC(=O)c1cc(C3CC3)on1)C2. The fourth-order valence-electron chi connectivity index (χ4n) is 8.25. The Kier molecular flexibility index (Phi) is 9.79. The van der Waals surface area contributed by atoms with Gasteiger partial charge in [0.25, 0.3) is 11.8 Å². The fourth-order valence-corrected chi connectivity index (χ4v) is 8.25. The maximum Gasteiger partial charge on any atom is 0.410 e. The van der Waals surface area contributed by atoms with Gasteiger partial charge in [-0.05, 0) is 119 Å². The number of carbonyl (C=O) groups is 4. The first-order valence-corrected chi connectivity index (χ1v) is 19.2. The molecule has 4 amide bonds. The Labute approximate surface area is 305 Å². The second-order valence-electron chi connectivity index (χ2n) is 17.6. The molecule has 6 aliphatic rings. The number of aromatic nitrogens is 2. The third kappa shape index (κ3) is 8.57. The zero-order valence-electron chi connectivity index (χ0n) is 31.3. The molecule has 4 saturated heterocycles. The van der Waals surface area contributed by atoms with Gasteiger partial charge in [-0.25, -0.2) is 9.59 Å². The Morgan fingerprint density at radius 3 is 1.21 bits per heavy atom. The largest absolute Gasteiger partial charge is 0.444 e. The van der Waals surface area contributed by atoms with Gasteiger partial charge in [0, 0.05) is 60.2 Å². The Hall–Kier alpha value is -4.10. The van der Waals surface area contributed by atoms with Crippen molar-refractivity contribution in [1.29, 1.82) is 0 Å². The van der Waals surface area contributed by atoms with Crippen molar-refractivity contribution in [2.45, 2.75) is 178 Å². The van der Waals surface area contributed by atoms with Gasteiger partial charge in [0.05, 0.1) is 0 Å². The van der Waals surface area contributed by atoms with Gasteiger partial charge in [-0.15, -0.1) is 0 Å². The van der Waals surface area contributed by atoms with E-state index in [4.69, 9.17) is 18.5 Å². The Bertz CT molecular complexity index is 1500. The number of ether oxygens (including phenoxy) is 2. The maximum absolute atomic E-state index is 12.5. The van der Waals surface area contributed by atoms with Crippen molar-refractivity contribution in [2.24, 2.45) is 0 Å². The molecule has 6 heterocycles. The van der Waals surface area contributed by atoms with Crippen molar-refractivity contribution in [2.75, 3.05) is 0 Å². The van der Waals surface area contributed by atoms with Gasteiger partial charge in [-0.1, -0.05) is 10.3 Å². The monoisotopic (exact) mass is 722 g/mol. The van der Waals surface area contributed by atoms with Crippen molar-refractivity contribution >= 4 is 24.0 Å². The number of rotatable bonds is 6. The van der Waals surface area contributed by atoms with E-state index in [2.05, 4.69) is 20.9 Å². The lowest BCUT2D eigenvalue weighted by atomic mass is 9.97. The van der Waals surface area contributed by atoms with Crippen LogP contribution in [0.25, 0.3) is 0 Å². The number of amides is 4. The molecule has 284 valence electrons. The number of piperidine rings is 2. The molecule has 8 rings (SSSR count). The van der Waals surface area contributed by atoms with Crippen LogP contribution >= 0.6 is 0 Å². The quantitative estimate of drug-likeness (QED) is 0.339. The molecule has 2 unspecified atom stereocenters. The Balaban J connectivity index is 0.000000162. The van der Waals surface area contributed by atoms with Crippen molar-refractivity contribution in [3.63, 3.8) is 0 Å². The standard InChI is InChI=1S/2C19H27N3O4/c2*1-19(2,3)25-18(24)22-13-6-7-14(22)9-12(8-13)20-17(23)15-10-16(26-21-15)11-4-5-11/h2*10-14H,4-9H2,1-3H3,(H,20,23)/t2*12?,13-,14+. The van der Waals surface area contributed by atoms with Crippen LogP contribution in [0.5, 0.6) is 0 Å². The molecule has 6 atom stereocenters. The third-order valence-electron chi connectivity index (χ3n) is 10.8. The van der Waals surface area contributed by atoms with Crippen LogP contribution in [0, 0.1) is 0 Å². The summed E-state index contributed by atoms with van der Waals surface area (Å²) in [4.78, 5) is 53.7. The van der Waals surface area contributed by atoms with E-state index >= 15 is 0 Å². The predicted molar refractivity (Wildman–Crippen MR) is 188 cm³/mol. The average Bonchev–Trinajstić information content (AvgIpc) is 3.93. The fraction of sp³-hybridized carbons (Fsp3) is 0.737. The second kappa shape index (κ2) is 14.0. The summed E-state index contributed by atoms with van der Waals surface area (Å²) in [5.74, 6) is 2.14. The highest BCUT2D eigenvalue weighted by Gasteiger charge is 2.47. The van der Waals surface area contributed by atoms with Gasteiger partial charge in [-0.2, -0.15) is 0 Å².